The fourth-order valence-electron chi connectivity index (χ4n) is 1.67. The predicted octanol–water partition coefficient (Wildman–Crippen LogP) is 2.93. The monoisotopic (exact) mass is 271 g/mol. The minimum absolute atomic E-state index is 0. The fraction of sp³-hybridized carbons (Fsp3) is 0.500. The molecule has 1 rings (SSSR count). The SMILES string of the molecule is CCC[C@H](NCC)C(=O)OCc1ccccc1.Cl. The van der Waals surface area contributed by atoms with Crippen LogP contribution in [0.2, 0.25) is 0 Å². The number of benzene rings is 1. The van der Waals surface area contributed by atoms with Gasteiger partial charge in [0.25, 0.3) is 0 Å². The normalized spacial score (nSPS) is 11.4. The van der Waals surface area contributed by atoms with Crippen LogP contribution < -0.4 is 5.32 Å². The van der Waals surface area contributed by atoms with Gasteiger partial charge in [0.15, 0.2) is 0 Å². The number of likely N-dealkylation sites (N-methyl/N-ethyl adjacent to an activating group) is 1. The highest BCUT2D eigenvalue weighted by Crippen LogP contribution is 2.04. The maximum absolute atomic E-state index is 11.8. The Bertz CT molecular complexity index is 324. The van der Waals surface area contributed by atoms with Crippen LogP contribution in [0.3, 0.4) is 0 Å². The molecular weight excluding hydrogens is 250 g/mol. The van der Waals surface area contributed by atoms with E-state index in [1.54, 1.807) is 0 Å². The molecule has 3 nitrogen and oxygen atoms in total. The zero-order chi connectivity index (χ0) is 12.5. The Hall–Kier alpha value is -1.06. The first-order valence-electron chi connectivity index (χ1n) is 6.21. The van der Waals surface area contributed by atoms with Crippen LogP contribution in [0.5, 0.6) is 0 Å². The molecular formula is C14H22ClNO2. The number of ether oxygens (including phenoxy) is 1. The van der Waals surface area contributed by atoms with Crippen LogP contribution in [0.15, 0.2) is 30.3 Å². The molecule has 0 heterocycles. The van der Waals surface area contributed by atoms with Crippen LogP contribution in [-0.4, -0.2) is 18.6 Å². The quantitative estimate of drug-likeness (QED) is 0.775. The fourth-order valence-corrected chi connectivity index (χ4v) is 1.67. The van der Waals surface area contributed by atoms with E-state index < -0.39 is 0 Å². The Labute approximate surface area is 115 Å². The van der Waals surface area contributed by atoms with E-state index in [0.717, 1.165) is 24.9 Å². The van der Waals surface area contributed by atoms with Gasteiger partial charge in [-0.05, 0) is 18.5 Å². The van der Waals surface area contributed by atoms with Crippen molar-refractivity contribution in [2.24, 2.45) is 0 Å². The van der Waals surface area contributed by atoms with Crippen molar-refractivity contribution in [1.82, 2.24) is 5.32 Å². The molecule has 4 heteroatoms. The van der Waals surface area contributed by atoms with Crippen molar-refractivity contribution in [1.29, 1.82) is 0 Å². The molecule has 1 aromatic rings. The van der Waals surface area contributed by atoms with Gasteiger partial charge in [-0.1, -0.05) is 50.6 Å². The number of halogens is 1. The van der Waals surface area contributed by atoms with Gasteiger partial charge < -0.3 is 10.1 Å². The van der Waals surface area contributed by atoms with Crippen molar-refractivity contribution in [3.8, 4) is 0 Å². The molecule has 1 atom stereocenters. The molecule has 0 aromatic heterocycles. The summed E-state index contributed by atoms with van der Waals surface area (Å²) in [5.74, 6) is -0.155. The van der Waals surface area contributed by atoms with Gasteiger partial charge in [-0.25, -0.2) is 0 Å². The van der Waals surface area contributed by atoms with E-state index >= 15 is 0 Å². The maximum atomic E-state index is 11.8. The Morgan fingerprint density at radius 3 is 2.50 bits per heavy atom. The van der Waals surface area contributed by atoms with E-state index in [9.17, 15) is 4.79 Å². The molecule has 0 bridgehead atoms. The number of rotatable bonds is 7. The Balaban J connectivity index is 0.00000289. The summed E-state index contributed by atoms with van der Waals surface area (Å²) in [4.78, 5) is 11.8. The first kappa shape index (κ1) is 16.9. The van der Waals surface area contributed by atoms with E-state index in [1.807, 2.05) is 37.3 Å². The van der Waals surface area contributed by atoms with Crippen LogP contribution in [0, 0.1) is 0 Å². The van der Waals surface area contributed by atoms with Crippen LogP contribution in [0.25, 0.3) is 0 Å². The predicted molar refractivity (Wildman–Crippen MR) is 75.9 cm³/mol. The summed E-state index contributed by atoms with van der Waals surface area (Å²) in [6.07, 6.45) is 1.79. The summed E-state index contributed by atoms with van der Waals surface area (Å²) in [7, 11) is 0. The largest absolute Gasteiger partial charge is 0.460 e. The van der Waals surface area contributed by atoms with E-state index in [-0.39, 0.29) is 24.4 Å². The molecule has 1 N–H and O–H groups in total. The van der Waals surface area contributed by atoms with Gasteiger partial charge in [0, 0.05) is 0 Å². The third-order valence-electron chi connectivity index (χ3n) is 2.54. The molecule has 0 saturated heterocycles. The van der Waals surface area contributed by atoms with E-state index in [4.69, 9.17) is 4.74 Å². The Morgan fingerprint density at radius 1 is 1.28 bits per heavy atom. The van der Waals surface area contributed by atoms with Gasteiger partial charge in [-0.2, -0.15) is 0 Å². The summed E-state index contributed by atoms with van der Waals surface area (Å²) in [5, 5.41) is 3.15. The van der Waals surface area contributed by atoms with Gasteiger partial charge in [-0.3, -0.25) is 4.79 Å². The lowest BCUT2D eigenvalue weighted by atomic mass is 10.1. The lowest BCUT2D eigenvalue weighted by molar-refractivity contribution is -0.147. The number of carbonyl (C=O) groups is 1. The lowest BCUT2D eigenvalue weighted by Crippen LogP contribution is -2.37. The summed E-state index contributed by atoms with van der Waals surface area (Å²) < 4.78 is 5.29. The first-order chi connectivity index (χ1) is 8.27. The van der Waals surface area contributed by atoms with Gasteiger partial charge >= 0.3 is 5.97 Å². The number of hydrogen-bond acceptors (Lipinski definition) is 3. The molecule has 0 aliphatic heterocycles. The molecule has 0 aliphatic rings. The molecule has 0 amide bonds. The van der Waals surface area contributed by atoms with Crippen LogP contribution in [-0.2, 0) is 16.1 Å². The van der Waals surface area contributed by atoms with Gasteiger partial charge in [0.1, 0.15) is 12.6 Å². The van der Waals surface area contributed by atoms with Gasteiger partial charge in [-0.15, -0.1) is 12.4 Å². The second kappa shape index (κ2) is 9.92. The third-order valence-corrected chi connectivity index (χ3v) is 2.54. The molecule has 0 unspecified atom stereocenters. The number of esters is 1. The average Bonchev–Trinajstić information content (AvgIpc) is 2.37. The molecule has 0 aliphatic carbocycles. The molecule has 0 radical (unpaired) electrons. The second-order valence-corrected chi connectivity index (χ2v) is 3.99. The minimum Gasteiger partial charge on any atom is -0.460 e. The van der Waals surface area contributed by atoms with E-state index in [2.05, 4.69) is 12.2 Å². The molecule has 0 saturated carbocycles. The highest BCUT2D eigenvalue weighted by Gasteiger charge is 2.17. The Morgan fingerprint density at radius 2 is 1.94 bits per heavy atom. The zero-order valence-corrected chi connectivity index (χ0v) is 11.8. The standard InChI is InChI=1S/C14H21NO2.ClH/c1-3-8-13(15-4-2)14(16)17-11-12-9-6-5-7-10-12;/h5-7,9-10,13,15H,3-4,8,11H2,1-2H3;1H/t13-;/m0./s1. The van der Waals surface area contributed by atoms with Crippen molar-refractivity contribution in [2.45, 2.75) is 39.3 Å². The Kier molecular flexibility index (Phi) is 9.33. The first-order valence-corrected chi connectivity index (χ1v) is 6.21. The highest BCUT2D eigenvalue weighted by molar-refractivity contribution is 5.85. The summed E-state index contributed by atoms with van der Waals surface area (Å²) in [6.45, 7) is 5.19. The van der Waals surface area contributed by atoms with E-state index in [0.29, 0.717) is 6.61 Å². The molecule has 102 valence electrons. The van der Waals surface area contributed by atoms with Crippen LogP contribution in [0.4, 0.5) is 0 Å². The zero-order valence-electron chi connectivity index (χ0n) is 11.0. The average molecular weight is 272 g/mol. The molecule has 18 heavy (non-hydrogen) atoms. The van der Waals surface area contributed by atoms with Gasteiger partial charge in [0.05, 0.1) is 0 Å². The van der Waals surface area contributed by atoms with Crippen LogP contribution in [0.1, 0.15) is 32.3 Å². The number of nitrogens with one attached hydrogen (secondary N) is 1. The van der Waals surface area contributed by atoms with Crippen molar-refractivity contribution in [3.05, 3.63) is 35.9 Å². The summed E-state index contributed by atoms with van der Waals surface area (Å²) >= 11 is 0. The van der Waals surface area contributed by atoms with Crippen molar-refractivity contribution in [3.63, 3.8) is 0 Å². The maximum Gasteiger partial charge on any atom is 0.323 e. The smallest absolute Gasteiger partial charge is 0.323 e. The molecule has 1 aromatic carbocycles. The third kappa shape index (κ3) is 6.03. The van der Waals surface area contributed by atoms with Crippen molar-refractivity contribution < 1.29 is 9.53 Å². The number of hydrogen-bond donors (Lipinski definition) is 1. The topological polar surface area (TPSA) is 38.3 Å². The second-order valence-electron chi connectivity index (χ2n) is 3.99. The molecule has 0 spiro atoms. The van der Waals surface area contributed by atoms with Crippen LogP contribution >= 0.6 is 12.4 Å². The minimum atomic E-state index is -0.172. The highest BCUT2D eigenvalue weighted by atomic mass is 35.5. The lowest BCUT2D eigenvalue weighted by Gasteiger charge is -2.15. The van der Waals surface area contributed by atoms with Crippen molar-refractivity contribution >= 4 is 18.4 Å². The molecule has 0 fully saturated rings. The van der Waals surface area contributed by atoms with Gasteiger partial charge in [0.2, 0.25) is 0 Å². The number of carbonyl (C=O) groups excluding carboxylic acids is 1. The summed E-state index contributed by atoms with van der Waals surface area (Å²) in [5.41, 5.74) is 1.02. The van der Waals surface area contributed by atoms with Crippen molar-refractivity contribution in [2.75, 3.05) is 6.54 Å². The van der Waals surface area contributed by atoms with E-state index in [1.165, 1.54) is 0 Å². The summed E-state index contributed by atoms with van der Waals surface area (Å²) in [6, 6.07) is 9.57.